The molecular weight excluding hydrogens is 324 g/mol. The van der Waals surface area contributed by atoms with E-state index in [1.165, 1.54) is 5.52 Å². The van der Waals surface area contributed by atoms with E-state index in [4.69, 9.17) is 4.98 Å². The number of rotatable bonds is 3. The number of imidazole rings is 1. The van der Waals surface area contributed by atoms with Crippen LogP contribution >= 0.6 is 0 Å². The van der Waals surface area contributed by atoms with E-state index in [0.717, 1.165) is 47.9 Å². The molecule has 0 spiro atoms. The first-order valence-electron chi connectivity index (χ1n) is 9.13. The molecule has 3 aromatic rings. The topological polar surface area (TPSA) is 50.2 Å². The molecule has 0 bridgehead atoms. The first-order chi connectivity index (χ1) is 12.5. The monoisotopic (exact) mass is 348 g/mol. The third kappa shape index (κ3) is 2.94. The number of fused-ring (bicyclic) bond motifs is 3. The highest BCUT2D eigenvalue weighted by atomic mass is 16.1. The van der Waals surface area contributed by atoms with Crippen LogP contribution in [0.25, 0.3) is 11.0 Å². The van der Waals surface area contributed by atoms with Crippen LogP contribution in [-0.4, -0.2) is 22.0 Å². The molecule has 2 heterocycles. The van der Waals surface area contributed by atoms with Crippen molar-refractivity contribution in [2.75, 3.05) is 16.8 Å². The van der Waals surface area contributed by atoms with Crippen LogP contribution in [0, 0.1) is 12.8 Å². The third-order valence-corrected chi connectivity index (χ3v) is 5.03. The van der Waals surface area contributed by atoms with Gasteiger partial charge in [0.2, 0.25) is 5.91 Å². The zero-order chi connectivity index (χ0) is 18.3. The predicted molar refractivity (Wildman–Crippen MR) is 105 cm³/mol. The summed E-state index contributed by atoms with van der Waals surface area (Å²) in [5.74, 6) is 1.10. The van der Waals surface area contributed by atoms with Crippen LogP contribution in [0.2, 0.25) is 0 Å². The van der Waals surface area contributed by atoms with E-state index in [9.17, 15) is 4.79 Å². The average Bonchev–Trinajstić information content (AvgIpc) is 3.01. The van der Waals surface area contributed by atoms with Crippen molar-refractivity contribution in [2.24, 2.45) is 5.92 Å². The zero-order valence-corrected chi connectivity index (χ0v) is 15.5. The van der Waals surface area contributed by atoms with Gasteiger partial charge in [0.25, 0.3) is 0 Å². The van der Waals surface area contributed by atoms with Gasteiger partial charge in [-0.3, -0.25) is 4.79 Å². The molecule has 1 N–H and O–H groups in total. The fourth-order valence-electron chi connectivity index (χ4n) is 3.40. The fraction of sp³-hybridized carbons (Fsp3) is 0.333. The summed E-state index contributed by atoms with van der Waals surface area (Å²) in [6.07, 6.45) is 0. The lowest BCUT2D eigenvalue weighted by Gasteiger charge is -2.30. The second-order valence-electron chi connectivity index (χ2n) is 7.23. The maximum absolute atomic E-state index is 12.1. The summed E-state index contributed by atoms with van der Waals surface area (Å²) >= 11 is 0. The van der Waals surface area contributed by atoms with Gasteiger partial charge >= 0.3 is 0 Å². The number of aryl methyl sites for hydroxylation is 1. The third-order valence-electron chi connectivity index (χ3n) is 5.03. The molecule has 0 atom stereocenters. The lowest BCUT2D eigenvalue weighted by Crippen LogP contribution is -2.33. The van der Waals surface area contributed by atoms with Crippen molar-refractivity contribution in [3.63, 3.8) is 0 Å². The van der Waals surface area contributed by atoms with E-state index in [2.05, 4.69) is 51.2 Å². The molecule has 5 nitrogen and oxygen atoms in total. The van der Waals surface area contributed by atoms with E-state index in [1.54, 1.807) is 0 Å². The van der Waals surface area contributed by atoms with Gasteiger partial charge in [0.1, 0.15) is 5.82 Å². The molecule has 0 unspecified atom stereocenters. The number of anilines is 2. The van der Waals surface area contributed by atoms with Crippen molar-refractivity contribution in [1.29, 1.82) is 0 Å². The lowest BCUT2D eigenvalue weighted by atomic mass is 10.1. The number of amides is 1. The number of carbonyl (C=O) groups is 1. The van der Waals surface area contributed by atoms with Gasteiger partial charge in [0.15, 0.2) is 0 Å². The van der Waals surface area contributed by atoms with Crippen molar-refractivity contribution >= 4 is 28.3 Å². The zero-order valence-electron chi connectivity index (χ0n) is 15.5. The van der Waals surface area contributed by atoms with Gasteiger partial charge in [-0.15, -0.1) is 0 Å². The Labute approximate surface area is 153 Å². The Morgan fingerprint density at radius 2 is 1.96 bits per heavy atom. The highest BCUT2D eigenvalue weighted by Crippen LogP contribution is 2.28. The summed E-state index contributed by atoms with van der Waals surface area (Å²) < 4.78 is 2.31. The number of para-hydroxylation sites is 2. The second kappa shape index (κ2) is 6.48. The van der Waals surface area contributed by atoms with Crippen LogP contribution in [0.4, 0.5) is 11.4 Å². The number of nitrogens with one attached hydrogen (secondary N) is 1. The minimum Gasteiger partial charge on any atom is -0.362 e. The first-order valence-corrected chi connectivity index (χ1v) is 9.13. The molecule has 26 heavy (non-hydrogen) atoms. The number of aromatic nitrogens is 2. The van der Waals surface area contributed by atoms with Crippen molar-refractivity contribution in [3.8, 4) is 0 Å². The Kier molecular flexibility index (Phi) is 4.15. The van der Waals surface area contributed by atoms with Gasteiger partial charge in [-0.25, -0.2) is 4.98 Å². The van der Waals surface area contributed by atoms with E-state index in [0.29, 0.717) is 0 Å². The van der Waals surface area contributed by atoms with Gasteiger partial charge in [-0.05, 0) is 36.8 Å². The van der Waals surface area contributed by atoms with Gasteiger partial charge in [-0.1, -0.05) is 32.0 Å². The summed E-state index contributed by atoms with van der Waals surface area (Å²) in [5, 5.41) is 3.04. The smallest absolute Gasteiger partial charge is 0.226 e. The summed E-state index contributed by atoms with van der Waals surface area (Å²) in [7, 11) is 0. The van der Waals surface area contributed by atoms with E-state index in [1.807, 2.05) is 26.8 Å². The molecule has 0 saturated carbocycles. The molecule has 1 amide bonds. The van der Waals surface area contributed by atoms with Gasteiger partial charge < -0.3 is 14.8 Å². The van der Waals surface area contributed by atoms with E-state index in [-0.39, 0.29) is 11.8 Å². The molecule has 0 aliphatic carbocycles. The first kappa shape index (κ1) is 16.6. The Balaban J connectivity index is 1.61. The molecule has 2 aromatic carbocycles. The maximum atomic E-state index is 12.1. The van der Waals surface area contributed by atoms with Crippen LogP contribution in [0.5, 0.6) is 0 Å². The molecule has 134 valence electrons. The van der Waals surface area contributed by atoms with Gasteiger partial charge in [-0.2, -0.15) is 0 Å². The minimum atomic E-state index is -0.0343. The van der Waals surface area contributed by atoms with Crippen molar-refractivity contribution in [1.82, 2.24) is 9.55 Å². The molecule has 5 heteroatoms. The van der Waals surface area contributed by atoms with Crippen molar-refractivity contribution in [3.05, 3.63) is 53.9 Å². The molecule has 1 aliphatic rings. The average molecular weight is 348 g/mol. The van der Waals surface area contributed by atoms with Crippen LogP contribution in [0.3, 0.4) is 0 Å². The standard InChI is InChI=1S/C21H24N4O/c1-14(2)21(26)23-18-12-16(9-8-15(18)3)24-10-11-25-19-7-5-4-6-17(19)22-20(25)13-24/h4-9,12,14H,10-11,13H2,1-3H3,(H,23,26). The summed E-state index contributed by atoms with van der Waals surface area (Å²) in [6.45, 7) is 8.45. The Hall–Kier alpha value is -2.82. The fourth-order valence-corrected chi connectivity index (χ4v) is 3.40. The SMILES string of the molecule is Cc1ccc(N2CCn3c(nc4ccccc43)C2)cc1NC(=O)C(C)C. The van der Waals surface area contributed by atoms with Crippen LogP contribution < -0.4 is 10.2 Å². The van der Waals surface area contributed by atoms with E-state index >= 15 is 0 Å². The van der Waals surface area contributed by atoms with Crippen LogP contribution in [0.1, 0.15) is 25.2 Å². The Morgan fingerprint density at radius 3 is 2.77 bits per heavy atom. The maximum Gasteiger partial charge on any atom is 0.226 e. The molecule has 1 aliphatic heterocycles. The summed E-state index contributed by atoms with van der Waals surface area (Å²) in [4.78, 5) is 19.2. The highest BCUT2D eigenvalue weighted by Gasteiger charge is 2.21. The van der Waals surface area contributed by atoms with Gasteiger partial charge in [0, 0.05) is 30.4 Å². The Morgan fingerprint density at radius 1 is 1.15 bits per heavy atom. The molecule has 4 rings (SSSR count). The number of benzene rings is 2. The quantitative estimate of drug-likeness (QED) is 0.779. The van der Waals surface area contributed by atoms with Crippen LogP contribution in [0.15, 0.2) is 42.5 Å². The number of carbonyl (C=O) groups excluding carboxylic acids is 1. The molecule has 0 fully saturated rings. The number of nitrogens with zero attached hydrogens (tertiary/aromatic N) is 3. The van der Waals surface area contributed by atoms with Crippen LogP contribution in [-0.2, 0) is 17.9 Å². The minimum absolute atomic E-state index is 0.0343. The Bertz CT molecular complexity index is 973. The number of hydrogen-bond donors (Lipinski definition) is 1. The van der Waals surface area contributed by atoms with Crippen molar-refractivity contribution < 1.29 is 4.79 Å². The largest absolute Gasteiger partial charge is 0.362 e. The van der Waals surface area contributed by atoms with Gasteiger partial charge in [0.05, 0.1) is 17.6 Å². The normalized spacial score (nSPS) is 13.9. The lowest BCUT2D eigenvalue weighted by molar-refractivity contribution is -0.118. The molecule has 1 aromatic heterocycles. The summed E-state index contributed by atoms with van der Waals surface area (Å²) in [5.41, 5.74) is 5.34. The number of hydrogen-bond acceptors (Lipinski definition) is 3. The van der Waals surface area contributed by atoms with E-state index < -0.39 is 0 Å². The second-order valence-corrected chi connectivity index (χ2v) is 7.23. The molecule has 0 saturated heterocycles. The summed E-state index contributed by atoms with van der Waals surface area (Å²) in [6, 6.07) is 14.6. The predicted octanol–water partition coefficient (Wildman–Crippen LogP) is 3.96. The molecular formula is C21H24N4O. The molecule has 0 radical (unpaired) electrons. The van der Waals surface area contributed by atoms with Crippen molar-refractivity contribution in [2.45, 2.75) is 33.9 Å². The highest BCUT2D eigenvalue weighted by molar-refractivity contribution is 5.93.